The van der Waals surface area contributed by atoms with Gasteiger partial charge < -0.3 is 30.1 Å². The lowest BCUT2D eigenvalue weighted by molar-refractivity contribution is -0.149. The highest BCUT2D eigenvalue weighted by Crippen LogP contribution is 2.31. The van der Waals surface area contributed by atoms with Gasteiger partial charge in [0.05, 0.1) is 50.0 Å². The van der Waals surface area contributed by atoms with Crippen molar-refractivity contribution >= 4 is 17.6 Å². The molecule has 4 rings (SSSR count). The number of anilines is 1. The van der Waals surface area contributed by atoms with Crippen LogP contribution in [0.3, 0.4) is 0 Å². The first-order valence-corrected chi connectivity index (χ1v) is 12.5. The van der Waals surface area contributed by atoms with Gasteiger partial charge in [0.25, 0.3) is 0 Å². The van der Waals surface area contributed by atoms with Crippen molar-refractivity contribution in [3.63, 3.8) is 0 Å². The molecule has 12 heteroatoms. The Kier molecular flexibility index (Phi) is 9.18. The number of β-amino-alcohol motifs (C(OH)–C–C–N with tert-alkyl or cyclic N) is 1. The highest BCUT2D eigenvalue weighted by Gasteiger charge is 2.40. The molecule has 4 atom stereocenters. The van der Waals surface area contributed by atoms with Crippen LogP contribution in [0.25, 0.3) is 0 Å². The van der Waals surface area contributed by atoms with Crippen LogP contribution in [0.5, 0.6) is 0 Å². The van der Waals surface area contributed by atoms with E-state index < -0.39 is 36.0 Å². The molecule has 3 heterocycles. The number of nitrogens with one attached hydrogen (secondary N) is 2. The molecule has 2 saturated heterocycles. The van der Waals surface area contributed by atoms with E-state index in [-0.39, 0.29) is 43.9 Å². The number of nitrogens with zero attached hydrogens (tertiary/aromatic N) is 2. The van der Waals surface area contributed by atoms with Crippen LogP contribution in [-0.4, -0.2) is 77.6 Å². The highest BCUT2D eigenvalue weighted by atomic mass is 19.4. The Morgan fingerprint density at radius 3 is 2.53 bits per heavy atom. The molecule has 1 aromatic carbocycles. The summed E-state index contributed by atoms with van der Waals surface area (Å²) in [7, 11) is 0. The normalized spacial score (nSPS) is 24.1. The second kappa shape index (κ2) is 12.5. The average molecular weight is 537 g/mol. The number of ether oxygens (including phenoxy) is 2. The molecule has 2 fully saturated rings. The number of hydrogen-bond acceptors (Lipinski definition) is 6. The minimum absolute atomic E-state index is 0.00318. The molecule has 0 bridgehead atoms. The fourth-order valence-electron chi connectivity index (χ4n) is 4.69. The van der Waals surface area contributed by atoms with Crippen molar-refractivity contribution in [3.05, 3.63) is 59.9 Å². The van der Waals surface area contributed by atoms with E-state index in [2.05, 4.69) is 15.6 Å². The minimum Gasteiger partial charge on any atom is -0.389 e. The van der Waals surface area contributed by atoms with Gasteiger partial charge in [0.2, 0.25) is 5.91 Å². The van der Waals surface area contributed by atoms with E-state index in [9.17, 15) is 27.9 Å². The third-order valence-electron chi connectivity index (χ3n) is 6.60. The number of alkyl halides is 3. The predicted molar refractivity (Wildman–Crippen MR) is 131 cm³/mol. The summed E-state index contributed by atoms with van der Waals surface area (Å²) < 4.78 is 50.3. The van der Waals surface area contributed by atoms with Crippen LogP contribution >= 0.6 is 0 Å². The number of amides is 3. The summed E-state index contributed by atoms with van der Waals surface area (Å²) in [5.41, 5.74) is 0.452. The van der Waals surface area contributed by atoms with Crippen molar-refractivity contribution in [1.29, 1.82) is 0 Å². The monoisotopic (exact) mass is 536 g/mol. The van der Waals surface area contributed by atoms with Gasteiger partial charge in [-0.05, 0) is 61.2 Å². The quantitative estimate of drug-likeness (QED) is 0.523. The topological polar surface area (TPSA) is 113 Å². The zero-order valence-electron chi connectivity index (χ0n) is 20.7. The Morgan fingerprint density at radius 1 is 1.08 bits per heavy atom. The molecule has 3 amide bonds. The smallest absolute Gasteiger partial charge is 0.389 e. The van der Waals surface area contributed by atoms with E-state index >= 15 is 0 Å². The van der Waals surface area contributed by atoms with Crippen LogP contribution in [0.1, 0.15) is 30.4 Å². The highest BCUT2D eigenvalue weighted by molar-refractivity contribution is 5.89. The number of benzene rings is 1. The lowest BCUT2D eigenvalue weighted by atomic mass is 9.95. The van der Waals surface area contributed by atoms with E-state index in [1.165, 1.54) is 17.0 Å². The number of carbonyl (C=O) groups is 2. The number of aliphatic hydroxyl groups is 1. The summed E-state index contributed by atoms with van der Waals surface area (Å²) in [5.74, 6) is -0.137. The Balaban J connectivity index is 1.33. The van der Waals surface area contributed by atoms with Crippen molar-refractivity contribution in [2.45, 2.75) is 56.2 Å². The van der Waals surface area contributed by atoms with Gasteiger partial charge in [-0.3, -0.25) is 9.78 Å². The second-order valence-electron chi connectivity index (χ2n) is 9.45. The van der Waals surface area contributed by atoms with E-state index in [1.807, 2.05) is 12.1 Å². The van der Waals surface area contributed by atoms with Gasteiger partial charge in [0, 0.05) is 24.6 Å². The SMILES string of the molecule is O=C(C[C@H]1CC[C@H]2[C@@H](COC[C@H](O)CN2C(=O)Nc2ccc(C(F)(F)F)cc2)O1)NCCc1ccncc1. The fraction of sp³-hybridized carbons (Fsp3) is 0.500. The van der Waals surface area contributed by atoms with Gasteiger partial charge in [-0.1, -0.05) is 0 Å². The summed E-state index contributed by atoms with van der Waals surface area (Å²) in [4.78, 5) is 31.0. The van der Waals surface area contributed by atoms with E-state index in [4.69, 9.17) is 9.47 Å². The van der Waals surface area contributed by atoms with Gasteiger partial charge in [0.15, 0.2) is 0 Å². The summed E-state index contributed by atoms with van der Waals surface area (Å²) in [5, 5.41) is 15.8. The molecule has 1 aromatic heterocycles. The maximum absolute atomic E-state index is 13.1. The van der Waals surface area contributed by atoms with Crippen LogP contribution in [-0.2, 0) is 26.9 Å². The molecule has 0 spiro atoms. The number of aliphatic hydroxyl groups excluding tert-OH is 1. The number of halogens is 3. The van der Waals surface area contributed by atoms with Gasteiger partial charge in [-0.25, -0.2) is 4.79 Å². The van der Waals surface area contributed by atoms with Crippen molar-refractivity contribution in [1.82, 2.24) is 15.2 Å². The molecule has 0 saturated carbocycles. The number of aromatic nitrogens is 1. The summed E-state index contributed by atoms with van der Waals surface area (Å²) in [6, 6.07) is 6.94. The Morgan fingerprint density at radius 2 is 1.82 bits per heavy atom. The summed E-state index contributed by atoms with van der Waals surface area (Å²) in [6.07, 6.45) is -1.01. The molecule has 206 valence electrons. The summed E-state index contributed by atoms with van der Waals surface area (Å²) >= 11 is 0. The summed E-state index contributed by atoms with van der Waals surface area (Å²) in [6.45, 7) is 0.584. The molecule has 2 aliphatic heterocycles. The van der Waals surface area contributed by atoms with Crippen molar-refractivity contribution in [2.24, 2.45) is 0 Å². The van der Waals surface area contributed by atoms with Crippen molar-refractivity contribution in [3.8, 4) is 0 Å². The number of pyridine rings is 1. The molecular weight excluding hydrogens is 505 g/mol. The number of hydrogen-bond donors (Lipinski definition) is 3. The van der Waals surface area contributed by atoms with E-state index in [0.717, 1.165) is 17.7 Å². The Hall–Kier alpha value is -3.22. The molecular formula is C26H31F3N4O5. The standard InChI is InChI=1S/C26H31F3N4O5/c27-26(28,29)18-1-3-19(4-2-18)32-25(36)33-14-20(34)15-37-16-23-22(33)6-5-21(38-23)13-24(35)31-12-9-17-7-10-30-11-8-17/h1-4,7-8,10-11,20-23,34H,5-6,9,12-16H2,(H,31,35)(H,32,36)/t20-,21-,22+,23-/m1/s1. The number of urea groups is 1. The molecule has 0 radical (unpaired) electrons. The average Bonchev–Trinajstić information content (AvgIpc) is 2.87. The molecule has 9 nitrogen and oxygen atoms in total. The first kappa shape index (κ1) is 27.8. The van der Waals surface area contributed by atoms with Gasteiger partial charge in [-0.2, -0.15) is 13.2 Å². The maximum Gasteiger partial charge on any atom is 0.416 e. The van der Waals surface area contributed by atoms with Crippen LogP contribution in [0.4, 0.5) is 23.7 Å². The van der Waals surface area contributed by atoms with Crippen molar-refractivity contribution < 1.29 is 37.3 Å². The molecule has 2 aromatic rings. The third kappa shape index (κ3) is 7.65. The number of carbonyl (C=O) groups excluding carboxylic acids is 2. The maximum atomic E-state index is 13.1. The van der Waals surface area contributed by atoms with Crippen molar-refractivity contribution in [2.75, 3.05) is 31.6 Å². The Bertz CT molecular complexity index is 1070. The lowest BCUT2D eigenvalue weighted by Crippen LogP contribution is -2.58. The van der Waals surface area contributed by atoms with Crippen LogP contribution < -0.4 is 10.6 Å². The largest absolute Gasteiger partial charge is 0.416 e. The van der Waals surface area contributed by atoms with Crippen LogP contribution in [0.2, 0.25) is 0 Å². The number of fused-ring (bicyclic) bond motifs is 1. The molecule has 0 aliphatic carbocycles. The van der Waals surface area contributed by atoms with E-state index in [1.54, 1.807) is 12.4 Å². The van der Waals surface area contributed by atoms with E-state index in [0.29, 0.717) is 25.8 Å². The van der Waals surface area contributed by atoms with Crippen LogP contribution in [0.15, 0.2) is 48.8 Å². The van der Waals surface area contributed by atoms with Gasteiger partial charge in [0.1, 0.15) is 6.10 Å². The molecule has 2 aliphatic rings. The first-order valence-electron chi connectivity index (χ1n) is 12.5. The zero-order chi connectivity index (χ0) is 27.1. The number of rotatable bonds is 6. The first-order chi connectivity index (χ1) is 18.2. The second-order valence-corrected chi connectivity index (χ2v) is 9.45. The fourth-order valence-corrected chi connectivity index (χ4v) is 4.69. The van der Waals surface area contributed by atoms with Gasteiger partial charge in [-0.15, -0.1) is 0 Å². The van der Waals surface area contributed by atoms with Gasteiger partial charge >= 0.3 is 12.2 Å². The predicted octanol–water partition coefficient (Wildman–Crippen LogP) is 2.99. The molecule has 0 unspecified atom stereocenters. The Labute approximate surface area is 218 Å². The van der Waals surface area contributed by atoms with Crippen LogP contribution in [0, 0.1) is 0 Å². The third-order valence-corrected chi connectivity index (χ3v) is 6.60. The zero-order valence-corrected chi connectivity index (χ0v) is 20.7. The molecule has 3 N–H and O–H groups in total. The lowest BCUT2D eigenvalue weighted by Gasteiger charge is -2.44. The molecule has 38 heavy (non-hydrogen) atoms. The minimum atomic E-state index is -4.48.